The molecule has 0 radical (unpaired) electrons. The van der Waals surface area contributed by atoms with E-state index in [9.17, 15) is 13.5 Å². The molecule has 6 heteroatoms. The van der Waals surface area contributed by atoms with Crippen LogP contribution in [0.3, 0.4) is 0 Å². The number of rotatable bonds is 4. The highest BCUT2D eigenvalue weighted by molar-refractivity contribution is 7.89. The standard InChI is InChI=1S/C12H18ClNO3S/c1-9-10(13)6-5-7-11(9)18(16,17)14(4)8-12(2,3)15/h5-7,15H,8H2,1-4H3. The predicted octanol–water partition coefficient (Wildman–Crippen LogP) is 2.04. The lowest BCUT2D eigenvalue weighted by molar-refractivity contribution is 0.0640. The molecule has 1 N–H and O–H groups in total. The average Bonchev–Trinajstić information content (AvgIpc) is 2.19. The molecular weight excluding hydrogens is 274 g/mol. The smallest absolute Gasteiger partial charge is 0.243 e. The third-order valence-electron chi connectivity index (χ3n) is 2.52. The molecule has 102 valence electrons. The van der Waals surface area contributed by atoms with Crippen LogP contribution in [-0.4, -0.2) is 37.0 Å². The summed E-state index contributed by atoms with van der Waals surface area (Å²) >= 11 is 5.93. The predicted molar refractivity (Wildman–Crippen MR) is 72.3 cm³/mol. The molecular formula is C12H18ClNO3S. The minimum atomic E-state index is -3.64. The monoisotopic (exact) mass is 291 g/mol. The zero-order valence-corrected chi connectivity index (χ0v) is 12.5. The van der Waals surface area contributed by atoms with Gasteiger partial charge in [0.2, 0.25) is 10.0 Å². The Morgan fingerprint density at radius 1 is 1.39 bits per heavy atom. The maximum Gasteiger partial charge on any atom is 0.243 e. The fourth-order valence-electron chi connectivity index (χ4n) is 1.66. The second-order valence-electron chi connectivity index (χ2n) is 4.94. The Bertz CT molecular complexity index is 535. The highest BCUT2D eigenvalue weighted by atomic mass is 35.5. The van der Waals surface area contributed by atoms with Crippen molar-refractivity contribution in [2.75, 3.05) is 13.6 Å². The molecule has 0 spiro atoms. The molecule has 0 aliphatic carbocycles. The number of hydrogen-bond acceptors (Lipinski definition) is 3. The van der Waals surface area contributed by atoms with Gasteiger partial charge < -0.3 is 5.11 Å². The molecule has 0 bridgehead atoms. The molecule has 4 nitrogen and oxygen atoms in total. The first-order valence-electron chi connectivity index (χ1n) is 5.49. The van der Waals surface area contributed by atoms with Gasteiger partial charge >= 0.3 is 0 Å². The Balaban J connectivity index is 3.18. The van der Waals surface area contributed by atoms with Gasteiger partial charge in [0, 0.05) is 18.6 Å². The summed E-state index contributed by atoms with van der Waals surface area (Å²) in [6, 6.07) is 4.75. The molecule has 0 atom stereocenters. The lowest BCUT2D eigenvalue weighted by atomic mass is 10.1. The highest BCUT2D eigenvalue weighted by Crippen LogP contribution is 2.25. The second-order valence-corrected chi connectivity index (χ2v) is 7.36. The van der Waals surface area contributed by atoms with E-state index in [1.54, 1.807) is 32.9 Å². The van der Waals surface area contributed by atoms with Gasteiger partial charge in [-0.05, 0) is 38.5 Å². The van der Waals surface area contributed by atoms with Gasteiger partial charge in [0.15, 0.2) is 0 Å². The van der Waals surface area contributed by atoms with Crippen molar-refractivity contribution in [1.82, 2.24) is 4.31 Å². The number of aliphatic hydroxyl groups is 1. The molecule has 0 unspecified atom stereocenters. The van der Waals surface area contributed by atoms with Crippen molar-refractivity contribution in [1.29, 1.82) is 0 Å². The molecule has 1 aromatic rings. The van der Waals surface area contributed by atoms with Crippen molar-refractivity contribution in [2.45, 2.75) is 31.3 Å². The summed E-state index contributed by atoms with van der Waals surface area (Å²) in [4.78, 5) is 0.168. The molecule has 1 rings (SSSR count). The van der Waals surface area contributed by atoms with Gasteiger partial charge in [-0.2, -0.15) is 4.31 Å². The normalized spacial score (nSPS) is 13.1. The van der Waals surface area contributed by atoms with Gasteiger partial charge in [-0.25, -0.2) is 8.42 Å². The molecule has 0 aliphatic rings. The first-order chi connectivity index (χ1) is 8.05. The van der Waals surface area contributed by atoms with Crippen molar-refractivity contribution in [3.63, 3.8) is 0 Å². The van der Waals surface area contributed by atoms with Gasteiger partial charge in [-0.15, -0.1) is 0 Å². The molecule has 0 saturated heterocycles. The fraction of sp³-hybridized carbons (Fsp3) is 0.500. The van der Waals surface area contributed by atoms with Gasteiger partial charge in [0.1, 0.15) is 0 Å². The van der Waals surface area contributed by atoms with E-state index >= 15 is 0 Å². The van der Waals surface area contributed by atoms with E-state index in [4.69, 9.17) is 11.6 Å². The molecule has 18 heavy (non-hydrogen) atoms. The van der Waals surface area contributed by atoms with Crippen molar-refractivity contribution >= 4 is 21.6 Å². The molecule has 0 fully saturated rings. The fourth-order valence-corrected chi connectivity index (χ4v) is 3.46. The van der Waals surface area contributed by atoms with E-state index in [0.29, 0.717) is 10.6 Å². The van der Waals surface area contributed by atoms with E-state index in [1.165, 1.54) is 13.1 Å². The highest BCUT2D eigenvalue weighted by Gasteiger charge is 2.27. The van der Waals surface area contributed by atoms with Gasteiger partial charge in [0.05, 0.1) is 10.5 Å². The zero-order valence-electron chi connectivity index (χ0n) is 10.9. The Morgan fingerprint density at radius 2 is 1.94 bits per heavy atom. The van der Waals surface area contributed by atoms with Crippen molar-refractivity contribution in [3.05, 3.63) is 28.8 Å². The molecule has 1 aromatic carbocycles. The number of likely N-dealkylation sites (N-methyl/N-ethyl adjacent to an activating group) is 1. The Hall–Kier alpha value is -0.620. The first-order valence-corrected chi connectivity index (χ1v) is 7.31. The average molecular weight is 292 g/mol. The lowest BCUT2D eigenvalue weighted by Crippen LogP contribution is -2.39. The van der Waals surface area contributed by atoms with Gasteiger partial charge in [0.25, 0.3) is 0 Å². The third-order valence-corrected chi connectivity index (χ3v) is 4.87. The van der Waals surface area contributed by atoms with Crippen LogP contribution in [0.15, 0.2) is 23.1 Å². The molecule has 0 aromatic heterocycles. The van der Waals surface area contributed by atoms with Crippen LogP contribution in [0.4, 0.5) is 0 Å². The van der Waals surface area contributed by atoms with Gasteiger partial charge in [-0.1, -0.05) is 17.7 Å². The molecule has 0 saturated carbocycles. The Morgan fingerprint density at radius 3 is 2.44 bits per heavy atom. The maximum absolute atomic E-state index is 12.3. The van der Waals surface area contributed by atoms with Crippen LogP contribution in [0.25, 0.3) is 0 Å². The summed E-state index contributed by atoms with van der Waals surface area (Å²) in [6.07, 6.45) is 0. The van der Waals surface area contributed by atoms with E-state index in [-0.39, 0.29) is 11.4 Å². The molecule has 0 aliphatic heterocycles. The maximum atomic E-state index is 12.3. The third kappa shape index (κ3) is 3.45. The van der Waals surface area contributed by atoms with Crippen LogP contribution < -0.4 is 0 Å². The van der Waals surface area contributed by atoms with Crippen LogP contribution in [0, 0.1) is 6.92 Å². The number of benzene rings is 1. The van der Waals surface area contributed by atoms with Crippen molar-refractivity contribution in [2.24, 2.45) is 0 Å². The minimum absolute atomic E-state index is 0.0152. The zero-order chi connectivity index (χ0) is 14.1. The Labute approximate surface area is 113 Å². The number of nitrogens with zero attached hydrogens (tertiary/aromatic N) is 1. The van der Waals surface area contributed by atoms with E-state index in [0.717, 1.165) is 4.31 Å². The number of halogens is 1. The van der Waals surface area contributed by atoms with E-state index in [1.807, 2.05) is 0 Å². The topological polar surface area (TPSA) is 57.6 Å². The molecule has 0 heterocycles. The summed E-state index contributed by atoms with van der Waals surface area (Å²) < 4.78 is 25.8. The first kappa shape index (κ1) is 15.4. The summed E-state index contributed by atoms with van der Waals surface area (Å²) in [5.41, 5.74) is -0.573. The molecule has 0 amide bonds. The minimum Gasteiger partial charge on any atom is -0.389 e. The summed E-state index contributed by atoms with van der Waals surface area (Å²) in [5, 5.41) is 10.1. The lowest BCUT2D eigenvalue weighted by Gasteiger charge is -2.25. The van der Waals surface area contributed by atoms with E-state index < -0.39 is 15.6 Å². The quantitative estimate of drug-likeness (QED) is 0.923. The van der Waals surface area contributed by atoms with Crippen LogP contribution in [0.2, 0.25) is 5.02 Å². The summed E-state index contributed by atoms with van der Waals surface area (Å²) in [6.45, 7) is 4.79. The Kier molecular flexibility index (Phi) is 4.43. The van der Waals surface area contributed by atoms with Crippen molar-refractivity contribution < 1.29 is 13.5 Å². The van der Waals surface area contributed by atoms with E-state index in [2.05, 4.69) is 0 Å². The van der Waals surface area contributed by atoms with Crippen molar-refractivity contribution in [3.8, 4) is 0 Å². The van der Waals surface area contributed by atoms with Gasteiger partial charge in [-0.3, -0.25) is 0 Å². The number of sulfonamides is 1. The van der Waals surface area contributed by atoms with Crippen LogP contribution in [-0.2, 0) is 10.0 Å². The largest absolute Gasteiger partial charge is 0.389 e. The SMILES string of the molecule is Cc1c(Cl)cccc1S(=O)(=O)N(C)CC(C)(C)O. The van der Waals surface area contributed by atoms with Crippen LogP contribution in [0.5, 0.6) is 0 Å². The number of hydrogen-bond donors (Lipinski definition) is 1. The van der Waals surface area contributed by atoms with Crippen LogP contribution >= 0.6 is 11.6 Å². The summed E-state index contributed by atoms with van der Waals surface area (Å²) in [7, 11) is -2.20. The second kappa shape index (κ2) is 5.17. The summed E-state index contributed by atoms with van der Waals surface area (Å²) in [5.74, 6) is 0. The van der Waals surface area contributed by atoms with Crippen LogP contribution in [0.1, 0.15) is 19.4 Å².